The average molecular weight is 623 g/mol. The number of fused-ring (bicyclic) bond motifs is 1. The number of aliphatic hydroxyl groups excluding tert-OH is 1. The fourth-order valence-electron chi connectivity index (χ4n) is 8.39. The topological polar surface area (TPSA) is 88.8 Å². The number of nitrogens with zero attached hydrogens (tertiary/aromatic N) is 2. The number of carbonyl (C=O) groups is 2. The third-order valence-electron chi connectivity index (χ3n) is 11.1. The molecule has 1 spiro atoms. The number of hydrogen-bond donors (Lipinski definition) is 1. The first-order valence-electron chi connectivity index (χ1n) is 17.5. The number of ether oxygens (including phenoxy) is 1. The Morgan fingerprint density at radius 3 is 2.46 bits per heavy atom. The quantitative estimate of drug-likeness (QED) is 0.230. The van der Waals surface area contributed by atoms with Crippen LogP contribution >= 0.6 is 0 Å². The van der Waals surface area contributed by atoms with E-state index >= 15 is 0 Å². The van der Waals surface area contributed by atoms with Crippen LogP contribution in [-0.2, 0) is 11.2 Å². The van der Waals surface area contributed by atoms with E-state index in [4.69, 9.17) is 4.74 Å². The van der Waals surface area contributed by atoms with Crippen molar-refractivity contribution in [3.8, 4) is 5.75 Å². The van der Waals surface area contributed by atoms with Crippen molar-refractivity contribution in [1.82, 2.24) is 4.57 Å². The SMILES string of the molecule is O=C(C[C@@H](Cc1ccccc1)[C@H](O)CC[C@H]1CC2(CCC2)Oc2ccccc21)c1cc(N2CCCC2=O)c(=O)n(C2CCCC2)c1. The molecule has 7 heteroatoms. The molecule has 1 saturated heterocycles. The molecule has 0 radical (unpaired) electrons. The minimum atomic E-state index is -0.670. The summed E-state index contributed by atoms with van der Waals surface area (Å²) in [5, 5.41) is 11.8. The smallest absolute Gasteiger partial charge is 0.274 e. The zero-order valence-electron chi connectivity index (χ0n) is 26.7. The van der Waals surface area contributed by atoms with Gasteiger partial charge in [0.1, 0.15) is 17.0 Å². The van der Waals surface area contributed by atoms with Gasteiger partial charge in [-0.1, -0.05) is 61.4 Å². The zero-order chi connectivity index (χ0) is 31.7. The van der Waals surface area contributed by atoms with Crippen molar-refractivity contribution in [2.45, 2.75) is 114 Å². The van der Waals surface area contributed by atoms with Crippen molar-refractivity contribution in [2.24, 2.45) is 5.92 Å². The van der Waals surface area contributed by atoms with E-state index < -0.39 is 6.10 Å². The fourth-order valence-corrected chi connectivity index (χ4v) is 8.39. The third-order valence-corrected chi connectivity index (χ3v) is 11.1. The van der Waals surface area contributed by atoms with Crippen LogP contribution in [0.3, 0.4) is 0 Å². The molecule has 1 amide bonds. The number of amides is 1. The number of benzene rings is 2. The first-order valence-corrected chi connectivity index (χ1v) is 17.5. The monoisotopic (exact) mass is 622 g/mol. The molecule has 2 saturated carbocycles. The van der Waals surface area contributed by atoms with Crippen molar-refractivity contribution in [1.29, 1.82) is 0 Å². The standard InChI is InChI=1S/C39H46N2O5/c42-34(18-17-28-25-39(19-9-20-39)46-36-15-7-6-14-32(28)36)29(22-27-10-2-1-3-11-27)24-35(43)30-23-33(40-21-8-16-37(40)44)38(45)41(26-30)31-12-4-5-13-31/h1-3,6-7,10-11,14-15,23,26,28-29,31,34,42H,4-5,8-9,12-13,16-22,24-25H2/t28-,29+,34+/m0/s1. The molecule has 0 unspecified atom stereocenters. The van der Waals surface area contributed by atoms with E-state index in [2.05, 4.69) is 30.3 Å². The number of pyridine rings is 1. The molecule has 0 bridgehead atoms. The summed E-state index contributed by atoms with van der Waals surface area (Å²) in [4.78, 5) is 42.0. The highest BCUT2D eigenvalue weighted by molar-refractivity contribution is 5.99. The van der Waals surface area contributed by atoms with Crippen LogP contribution in [0.15, 0.2) is 71.7 Å². The summed E-state index contributed by atoms with van der Waals surface area (Å²) < 4.78 is 8.20. The van der Waals surface area contributed by atoms with Gasteiger partial charge in [0.2, 0.25) is 5.91 Å². The molecule has 2 aliphatic carbocycles. The van der Waals surface area contributed by atoms with E-state index in [1.807, 2.05) is 24.3 Å². The molecule has 3 aromatic rings. The maximum atomic E-state index is 14.1. The molecule has 7 rings (SSSR count). The summed E-state index contributed by atoms with van der Waals surface area (Å²) in [7, 11) is 0. The maximum Gasteiger partial charge on any atom is 0.274 e. The van der Waals surface area contributed by atoms with Crippen LogP contribution in [0.4, 0.5) is 5.69 Å². The van der Waals surface area contributed by atoms with Gasteiger partial charge in [0.05, 0.1) is 6.10 Å². The van der Waals surface area contributed by atoms with Crippen LogP contribution in [0, 0.1) is 5.92 Å². The van der Waals surface area contributed by atoms with Gasteiger partial charge in [-0.25, -0.2) is 0 Å². The van der Waals surface area contributed by atoms with Crippen LogP contribution in [-0.4, -0.2) is 39.6 Å². The van der Waals surface area contributed by atoms with Gasteiger partial charge in [-0.3, -0.25) is 14.4 Å². The highest BCUT2D eigenvalue weighted by atomic mass is 16.5. The molecule has 242 valence electrons. The maximum absolute atomic E-state index is 14.1. The van der Waals surface area contributed by atoms with E-state index in [9.17, 15) is 19.5 Å². The Morgan fingerprint density at radius 1 is 0.978 bits per heavy atom. The number of anilines is 1. The number of carbonyl (C=O) groups excluding carboxylic acids is 2. The van der Waals surface area contributed by atoms with Crippen LogP contribution < -0.4 is 15.2 Å². The Morgan fingerprint density at radius 2 is 1.74 bits per heavy atom. The number of Topliss-reactive ketones (excluding diaryl/α,β-unsaturated/α-hetero) is 1. The normalized spacial score (nSPS) is 21.9. The molecule has 3 atom stereocenters. The first kappa shape index (κ1) is 30.9. The van der Waals surface area contributed by atoms with Crippen molar-refractivity contribution in [3.05, 3.63) is 93.9 Å². The van der Waals surface area contributed by atoms with Crippen molar-refractivity contribution in [3.63, 3.8) is 0 Å². The van der Waals surface area contributed by atoms with Gasteiger partial charge in [-0.15, -0.1) is 0 Å². The predicted molar refractivity (Wildman–Crippen MR) is 179 cm³/mol. The minimum Gasteiger partial charge on any atom is -0.487 e. The number of ketones is 1. The number of aromatic nitrogens is 1. The number of aliphatic hydroxyl groups is 1. The highest BCUT2D eigenvalue weighted by Crippen LogP contribution is 2.51. The number of rotatable bonds is 11. The average Bonchev–Trinajstić information content (AvgIpc) is 3.75. The molecule has 2 aromatic carbocycles. The summed E-state index contributed by atoms with van der Waals surface area (Å²) in [6, 6.07) is 20.1. The van der Waals surface area contributed by atoms with Gasteiger partial charge in [-0.2, -0.15) is 0 Å². The van der Waals surface area contributed by atoms with Gasteiger partial charge in [0.15, 0.2) is 5.78 Å². The molecule has 3 fully saturated rings. The van der Waals surface area contributed by atoms with Crippen LogP contribution in [0.1, 0.15) is 117 Å². The molecular weight excluding hydrogens is 576 g/mol. The molecule has 2 aliphatic heterocycles. The molecule has 1 N–H and O–H groups in total. The van der Waals surface area contributed by atoms with Crippen molar-refractivity contribution < 1.29 is 19.4 Å². The second-order valence-corrected chi connectivity index (χ2v) is 14.2. The summed E-state index contributed by atoms with van der Waals surface area (Å²) in [6.07, 6.45) is 12.6. The number of para-hydroxylation sites is 1. The Balaban J connectivity index is 1.14. The third kappa shape index (κ3) is 6.31. The predicted octanol–water partition coefficient (Wildman–Crippen LogP) is 7.15. The first-order chi connectivity index (χ1) is 22.4. The van der Waals surface area contributed by atoms with Gasteiger partial charge in [-0.05, 0) is 99.3 Å². The Hall–Kier alpha value is -3.71. The molecule has 1 aromatic heterocycles. The van der Waals surface area contributed by atoms with Crippen molar-refractivity contribution >= 4 is 17.4 Å². The van der Waals surface area contributed by atoms with Crippen LogP contribution in [0.25, 0.3) is 0 Å². The molecule has 46 heavy (non-hydrogen) atoms. The summed E-state index contributed by atoms with van der Waals surface area (Å²) in [5.41, 5.74) is 2.84. The largest absolute Gasteiger partial charge is 0.487 e. The second-order valence-electron chi connectivity index (χ2n) is 14.2. The Bertz CT molecular complexity index is 1620. The van der Waals surface area contributed by atoms with Crippen molar-refractivity contribution in [2.75, 3.05) is 11.4 Å². The lowest BCUT2D eigenvalue weighted by Gasteiger charge is -2.48. The van der Waals surface area contributed by atoms with Gasteiger partial charge < -0.3 is 19.3 Å². The highest BCUT2D eigenvalue weighted by Gasteiger charge is 2.45. The molecular formula is C39H46N2O5. The summed E-state index contributed by atoms with van der Waals surface area (Å²) >= 11 is 0. The van der Waals surface area contributed by atoms with Gasteiger partial charge in [0, 0.05) is 37.2 Å². The lowest BCUT2D eigenvalue weighted by Crippen LogP contribution is -2.47. The lowest BCUT2D eigenvalue weighted by molar-refractivity contribution is -0.117. The summed E-state index contributed by atoms with van der Waals surface area (Å²) in [5.74, 6) is 0.850. The van der Waals surface area contributed by atoms with E-state index in [0.717, 1.165) is 62.7 Å². The van der Waals surface area contributed by atoms with E-state index in [1.54, 1.807) is 21.7 Å². The summed E-state index contributed by atoms with van der Waals surface area (Å²) in [6.45, 7) is 0.502. The van der Waals surface area contributed by atoms with E-state index in [1.165, 1.54) is 12.0 Å². The van der Waals surface area contributed by atoms with Gasteiger partial charge in [0.25, 0.3) is 5.56 Å². The molecule has 7 nitrogen and oxygen atoms in total. The van der Waals surface area contributed by atoms with Crippen LogP contribution in [0.2, 0.25) is 0 Å². The molecule has 3 heterocycles. The number of hydrogen-bond acceptors (Lipinski definition) is 5. The molecule has 4 aliphatic rings. The van der Waals surface area contributed by atoms with Crippen LogP contribution in [0.5, 0.6) is 5.75 Å². The second kappa shape index (κ2) is 13.2. The fraction of sp³-hybridized carbons (Fsp3) is 0.513. The van der Waals surface area contributed by atoms with Gasteiger partial charge >= 0.3 is 0 Å². The lowest BCUT2D eigenvalue weighted by atomic mass is 9.69. The van der Waals surface area contributed by atoms with E-state index in [-0.39, 0.29) is 41.2 Å². The zero-order valence-corrected chi connectivity index (χ0v) is 26.7. The Kier molecular flexibility index (Phi) is 8.86. The Labute approximate surface area is 271 Å². The minimum absolute atomic E-state index is 0.0451. The van der Waals surface area contributed by atoms with E-state index in [0.29, 0.717) is 49.4 Å².